The molecular weight excluding hydrogens is 356 g/mol. The maximum atomic E-state index is 13.0. The van der Waals surface area contributed by atoms with Crippen molar-refractivity contribution in [1.29, 1.82) is 0 Å². The summed E-state index contributed by atoms with van der Waals surface area (Å²) >= 11 is 0. The Morgan fingerprint density at radius 3 is 2.71 bits per heavy atom. The molecule has 3 aromatic rings. The van der Waals surface area contributed by atoms with Crippen LogP contribution in [-0.4, -0.2) is 25.3 Å². The van der Waals surface area contributed by atoms with Crippen molar-refractivity contribution in [3.05, 3.63) is 46.5 Å². The van der Waals surface area contributed by atoms with E-state index < -0.39 is 0 Å². The minimum Gasteiger partial charge on any atom is -0.486 e. The number of aryl methyl sites for hydroxylation is 1. The van der Waals surface area contributed by atoms with Gasteiger partial charge in [0.1, 0.15) is 24.2 Å². The third-order valence-corrected chi connectivity index (χ3v) is 5.67. The molecular formula is C20H24N6O2. The van der Waals surface area contributed by atoms with Gasteiger partial charge in [-0.25, -0.2) is 0 Å². The van der Waals surface area contributed by atoms with Crippen molar-refractivity contribution in [1.82, 2.24) is 19.2 Å². The van der Waals surface area contributed by atoms with Gasteiger partial charge in [0.15, 0.2) is 11.6 Å². The van der Waals surface area contributed by atoms with Crippen LogP contribution < -0.4 is 20.9 Å². The van der Waals surface area contributed by atoms with Crippen LogP contribution >= 0.6 is 0 Å². The van der Waals surface area contributed by atoms with E-state index >= 15 is 0 Å². The summed E-state index contributed by atoms with van der Waals surface area (Å²) in [5, 5.41) is 11.5. The van der Waals surface area contributed by atoms with Crippen LogP contribution in [0.1, 0.15) is 38.4 Å². The molecule has 0 spiro atoms. The number of anilines is 2. The van der Waals surface area contributed by atoms with E-state index in [1.807, 2.05) is 37.3 Å². The van der Waals surface area contributed by atoms with Gasteiger partial charge in [0, 0.05) is 6.54 Å². The predicted molar refractivity (Wildman–Crippen MR) is 107 cm³/mol. The highest BCUT2D eigenvalue weighted by Crippen LogP contribution is 2.35. The van der Waals surface area contributed by atoms with E-state index in [9.17, 15) is 4.79 Å². The molecule has 5 rings (SSSR count). The van der Waals surface area contributed by atoms with E-state index in [-0.39, 0.29) is 18.3 Å². The normalized spacial score (nSPS) is 18.8. The molecule has 0 bridgehead atoms. The second kappa shape index (κ2) is 6.85. The number of nitrogens with zero attached hydrogens (tertiary/aromatic N) is 4. The first kappa shape index (κ1) is 17.1. The lowest BCUT2D eigenvalue weighted by Crippen LogP contribution is -2.31. The fourth-order valence-electron chi connectivity index (χ4n) is 4.24. The van der Waals surface area contributed by atoms with Gasteiger partial charge < -0.3 is 15.4 Å². The average Bonchev–Trinajstić information content (AvgIpc) is 3.46. The van der Waals surface area contributed by atoms with Gasteiger partial charge >= 0.3 is 0 Å². The van der Waals surface area contributed by atoms with Gasteiger partial charge in [-0.2, -0.15) is 9.50 Å². The third kappa shape index (κ3) is 2.80. The lowest BCUT2D eigenvalue weighted by atomic mass is 10.1. The highest BCUT2D eigenvalue weighted by atomic mass is 16.5. The fraction of sp³-hybridized carbons (Fsp3) is 0.450. The molecule has 2 aliphatic rings. The van der Waals surface area contributed by atoms with Crippen molar-refractivity contribution in [2.24, 2.45) is 5.92 Å². The first-order valence-electron chi connectivity index (χ1n) is 9.98. The molecule has 1 fully saturated rings. The number of hydrogen-bond donors (Lipinski definition) is 2. The highest BCUT2D eigenvalue weighted by Gasteiger charge is 2.34. The maximum Gasteiger partial charge on any atom is 0.280 e. The summed E-state index contributed by atoms with van der Waals surface area (Å²) in [7, 11) is 0. The molecule has 3 heterocycles. The lowest BCUT2D eigenvalue weighted by molar-refractivity contribution is 0.296. The standard InChI is InChI=1S/C20H24N6O2/c1-2-25-19(27)16-18(23-17(22-16)13-8-6-7-9-13)26-20(25)21-15(24-26)12-28-14-10-4-3-5-11-14/h3-5,10-11,13,17,22-23H,2,6-9,12H2,1H3. The molecule has 0 radical (unpaired) electrons. The number of para-hydroxylation sites is 1. The Labute approximate surface area is 162 Å². The third-order valence-electron chi connectivity index (χ3n) is 5.67. The van der Waals surface area contributed by atoms with Crippen LogP contribution in [0.4, 0.5) is 11.5 Å². The molecule has 1 aliphatic heterocycles. The van der Waals surface area contributed by atoms with E-state index in [1.165, 1.54) is 25.7 Å². The van der Waals surface area contributed by atoms with E-state index in [1.54, 1.807) is 9.08 Å². The molecule has 0 saturated heterocycles. The smallest absolute Gasteiger partial charge is 0.280 e. The SMILES string of the molecule is CCn1c(=O)c2c(n3nc(COc4ccccc4)nc13)NC(C1CCCC1)N2. The van der Waals surface area contributed by atoms with Gasteiger partial charge in [-0.3, -0.25) is 9.36 Å². The zero-order valence-corrected chi connectivity index (χ0v) is 15.9. The molecule has 1 unspecified atom stereocenters. The molecule has 1 atom stereocenters. The number of aromatic nitrogens is 4. The van der Waals surface area contributed by atoms with Crippen molar-refractivity contribution in [3.63, 3.8) is 0 Å². The molecule has 1 aromatic carbocycles. The predicted octanol–water partition coefficient (Wildman–Crippen LogP) is 2.84. The first-order chi connectivity index (χ1) is 13.7. The fourth-order valence-corrected chi connectivity index (χ4v) is 4.24. The molecule has 1 aliphatic carbocycles. The summed E-state index contributed by atoms with van der Waals surface area (Å²) in [6.45, 7) is 2.72. The van der Waals surface area contributed by atoms with Gasteiger partial charge in [0.05, 0.1) is 0 Å². The Hall–Kier alpha value is -3.03. The van der Waals surface area contributed by atoms with Gasteiger partial charge in [0.25, 0.3) is 5.56 Å². The summed E-state index contributed by atoms with van der Waals surface area (Å²) < 4.78 is 9.18. The Balaban J connectivity index is 1.50. The monoisotopic (exact) mass is 380 g/mol. The number of ether oxygens (including phenoxy) is 1. The number of fused-ring (bicyclic) bond motifs is 3. The van der Waals surface area contributed by atoms with Crippen molar-refractivity contribution in [2.45, 2.75) is 51.9 Å². The second-order valence-electron chi connectivity index (χ2n) is 7.43. The largest absolute Gasteiger partial charge is 0.486 e. The first-order valence-corrected chi connectivity index (χ1v) is 9.98. The minimum atomic E-state index is -0.0547. The summed E-state index contributed by atoms with van der Waals surface area (Å²) in [4.78, 5) is 17.6. The molecule has 2 aromatic heterocycles. The van der Waals surface area contributed by atoms with Crippen molar-refractivity contribution in [3.8, 4) is 5.75 Å². The number of rotatable bonds is 5. The molecule has 146 valence electrons. The van der Waals surface area contributed by atoms with Crippen LogP contribution in [0.2, 0.25) is 0 Å². The number of benzene rings is 1. The van der Waals surface area contributed by atoms with Gasteiger partial charge in [-0.15, -0.1) is 5.10 Å². The number of nitrogens with one attached hydrogen (secondary N) is 2. The molecule has 1 saturated carbocycles. The van der Waals surface area contributed by atoms with Gasteiger partial charge in [0.2, 0.25) is 5.78 Å². The minimum absolute atomic E-state index is 0.0547. The van der Waals surface area contributed by atoms with E-state index in [0.29, 0.717) is 35.6 Å². The average molecular weight is 380 g/mol. The van der Waals surface area contributed by atoms with Crippen molar-refractivity contribution in [2.75, 3.05) is 10.6 Å². The van der Waals surface area contributed by atoms with Crippen LogP contribution in [0, 0.1) is 5.92 Å². The zero-order chi connectivity index (χ0) is 19.1. The topological polar surface area (TPSA) is 85.5 Å². The summed E-state index contributed by atoms with van der Waals surface area (Å²) in [5.74, 6) is 3.09. The van der Waals surface area contributed by atoms with E-state index in [0.717, 1.165) is 5.75 Å². The Morgan fingerprint density at radius 2 is 1.96 bits per heavy atom. The van der Waals surface area contributed by atoms with Crippen LogP contribution in [0.3, 0.4) is 0 Å². The van der Waals surface area contributed by atoms with E-state index in [4.69, 9.17) is 4.74 Å². The summed E-state index contributed by atoms with van der Waals surface area (Å²) in [5.41, 5.74) is 0.535. The molecule has 2 N–H and O–H groups in total. The Morgan fingerprint density at radius 1 is 1.18 bits per heavy atom. The van der Waals surface area contributed by atoms with Crippen molar-refractivity contribution < 1.29 is 4.74 Å². The lowest BCUT2D eigenvalue weighted by Gasteiger charge is -2.18. The number of hydrogen-bond acceptors (Lipinski definition) is 6. The molecule has 8 nitrogen and oxygen atoms in total. The second-order valence-corrected chi connectivity index (χ2v) is 7.43. The maximum absolute atomic E-state index is 13.0. The van der Waals surface area contributed by atoms with Crippen LogP contribution in [0.15, 0.2) is 35.1 Å². The molecule has 0 amide bonds. The molecule has 28 heavy (non-hydrogen) atoms. The van der Waals surface area contributed by atoms with Crippen LogP contribution in [0.5, 0.6) is 5.75 Å². The summed E-state index contributed by atoms with van der Waals surface area (Å²) in [6.07, 6.45) is 4.93. The zero-order valence-electron chi connectivity index (χ0n) is 15.9. The highest BCUT2D eigenvalue weighted by molar-refractivity contribution is 5.72. The summed E-state index contributed by atoms with van der Waals surface area (Å²) in [6, 6.07) is 9.58. The quantitative estimate of drug-likeness (QED) is 0.708. The van der Waals surface area contributed by atoms with Crippen LogP contribution in [-0.2, 0) is 13.2 Å². The van der Waals surface area contributed by atoms with Crippen molar-refractivity contribution >= 4 is 17.3 Å². The Bertz CT molecular complexity index is 1050. The Kier molecular flexibility index (Phi) is 4.18. The van der Waals surface area contributed by atoms with E-state index in [2.05, 4.69) is 20.7 Å². The van der Waals surface area contributed by atoms with Crippen LogP contribution in [0.25, 0.3) is 5.78 Å². The molecule has 8 heteroatoms. The van der Waals surface area contributed by atoms with Gasteiger partial charge in [-0.1, -0.05) is 31.0 Å². The van der Waals surface area contributed by atoms with Gasteiger partial charge in [-0.05, 0) is 37.8 Å².